The monoisotopic (exact) mass is 546 g/mol. The van der Waals surface area contributed by atoms with Crippen molar-refractivity contribution in [2.45, 2.75) is 41.4 Å². The average molecular weight is 547 g/mol. The summed E-state index contributed by atoms with van der Waals surface area (Å²) in [6.07, 6.45) is 2.89. The fourth-order valence-corrected chi connectivity index (χ4v) is 5.95. The van der Waals surface area contributed by atoms with Crippen LogP contribution in [0.1, 0.15) is 40.4 Å². The smallest absolute Gasteiger partial charge is 0.417 e. The molecule has 39 heavy (non-hydrogen) atoms. The van der Waals surface area contributed by atoms with E-state index in [0.29, 0.717) is 0 Å². The standard InChI is InChI=1S/C29H30N4O5S/c1-38-29(37)32-19-25(21-5-3-2-4-6-21)33(28(32)36)23-13-15-31(16-14-23)18-20-7-12-26(30-17-20)39-24-10-8-22(9-11-24)27(34)35/h2-12,17,23,25H,13-16,18-19H2,1H3,(H,34,35). The van der Waals surface area contributed by atoms with Gasteiger partial charge >= 0.3 is 18.1 Å². The van der Waals surface area contributed by atoms with Gasteiger partial charge in [0.1, 0.15) is 5.03 Å². The predicted molar refractivity (Wildman–Crippen MR) is 146 cm³/mol. The second-order valence-corrected chi connectivity index (χ2v) is 10.7. The quantitative estimate of drug-likeness (QED) is 0.435. The first-order chi connectivity index (χ1) is 18.9. The lowest BCUT2D eigenvalue weighted by Crippen LogP contribution is -2.47. The number of benzene rings is 2. The maximum absolute atomic E-state index is 13.3. The number of methoxy groups -OCH3 is 1. The molecular formula is C29H30N4O5S. The van der Waals surface area contributed by atoms with Gasteiger partial charge in [0.05, 0.1) is 25.3 Å². The Morgan fingerprint density at radius 3 is 2.36 bits per heavy atom. The number of carbonyl (C=O) groups excluding carboxylic acids is 2. The van der Waals surface area contributed by atoms with Crippen LogP contribution in [0.4, 0.5) is 9.59 Å². The third-order valence-electron chi connectivity index (χ3n) is 7.20. The van der Waals surface area contributed by atoms with Crippen molar-refractivity contribution < 1.29 is 24.2 Å². The number of aromatic nitrogens is 1. The van der Waals surface area contributed by atoms with Gasteiger partial charge in [0.15, 0.2) is 0 Å². The minimum atomic E-state index is -0.940. The van der Waals surface area contributed by atoms with E-state index in [1.165, 1.54) is 23.8 Å². The van der Waals surface area contributed by atoms with Gasteiger partial charge in [0, 0.05) is 36.8 Å². The first kappa shape index (κ1) is 26.7. The summed E-state index contributed by atoms with van der Waals surface area (Å²) < 4.78 is 4.87. The zero-order chi connectivity index (χ0) is 27.4. The topological polar surface area (TPSA) is 103 Å². The van der Waals surface area contributed by atoms with Crippen molar-refractivity contribution in [1.29, 1.82) is 0 Å². The summed E-state index contributed by atoms with van der Waals surface area (Å²) in [5.41, 5.74) is 2.38. The number of hydrogen-bond donors (Lipinski definition) is 1. The van der Waals surface area contributed by atoms with Crippen molar-refractivity contribution in [3.05, 3.63) is 89.6 Å². The molecule has 2 saturated heterocycles. The molecule has 0 saturated carbocycles. The molecule has 0 spiro atoms. The molecule has 3 heterocycles. The lowest BCUT2D eigenvalue weighted by molar-refractivity contribution is 0.0696. The molecule has 2 aliphatic heterocycles. The molecule has 10 heteroatoms. The number of urea groups is 1. The average Bonchev–Trinajstić information content (AvgIpc) is 3.31. The molecule has 0 bridgehead atoms. The molecule has 1 aromatic heterocycles. The number of hydrogen-bond acceptors (Lipinski definition) is 7. The molecule has 3 amide bonds. The van der Waals surface area contributed by atoms with Gasteiger partial charge in [0.2, 0.25) is 0 Å². The van der Waals surface area contributed by atoms with E-state index in [2.05, 4.69) is 16.0 Å². The normalized spacial score (nSPS) is 18.4. The highest BCUT2D eigenvalue weighted by Gasteiger charge is 2.45. The van der Waals surface area contributed by atoms with E-state index in [4.69, 9.17) is 9.84 Å². The zero-order valence-corrected chi connectivity index (χ0v) is 22.4. The van der Waals surface area contributed by atoms with Gasteiger partial charge in [-0.25, -0.2) is 24.3 Å². The highest BCUT2D eigenvalue weighted by atomic mass is 32.2. The molecule has 3 aromatic rings. The van der Waals surface area contributed by atoms with Crippen molar-refractivity contribution in [3.63, 3.8) is 0 Å². The van der Waals surface area contributed by atoms with Crippen LogP contribution < -0.4 is 0 Å². The first-order valence-corrected chi connectivity index (χ1v) is 13.7. The van der Waals surface area contributed by atoms with Crippen LogP contribution in [0, 0.1) is 0 Å². The summed E-state index contributed by atoms with van der Waals surface area (Å²) in [6.45, 7) is 2.72. The van der Waals surface area contributed by atoms with E-state index in [9.17, 15) is 14.4 Å². The second kappa shape index (κ2) is 11.9. The molecule has 2 fully saturated rings. The van der Waals surface area contributed by atoms with Crippen LogP contribution in [-0.4, -0.2) is 75.7 Å². The lowest BCUT2D eigenvalue weighted by Gasteiger charge is -2.38. The van der Waals surface area contributed by atoms with Crippen LogP contribution in [0.25, 0.3) is 0 Å². The summed E-state index contributed by atoms with van der Waals surface area (Å²) in [7, 11) is 1.30. The number of pyridine rings is 1. The van der Waals surface area contributed by atoms with Gasteiger partial charge in [-0.05, 0) is 54.3 Å². The third-order valence-corrected chi connectivity index (χ3v) is 8.16. The third kappa shape index (κ3) is 6.07. The van der Waals surface area contributed by atoms with E-state index < -0.39 is 12.1 Å². The Kier molecular flexibility index (Phi) is 8.13. The Bertz CT molecular complexity index is 1310. The maximum atomic E-state index is 13.3. The summed E-state index contributed by atoms with van der Waals surface area (Å²) in [4.78, 5) is 47.5. The Labute approximate surface area is 231 Å². The number of imide groups is 1. The van der Waals surface area contributed by atoms with Crippen molar-refractivity contribution in [3.8, 4) is 0 Å². The molecule has 5 rings (SSSR count). The Morgan fingerprint density at radius 1 is 1.03 bits per heavy atom. The number of ether oxygens (including phenoxy) is 1. The highest BCUT2D eigenvalue weighted by Crippen LogP contribution is 2.35. The molecule has 1 N–H and O–H groups in total. The minimum absolute atomic E-state index is 0.0398. The van der Waals surface area contributed by atoms with Gasteiger partial charge in [-0.1, -0.05) is 48.2 Å². The van der Waals surface area contributed by atoms with Crippen LogP contribution in [0.3, 0.4) is 0 Å². The number of aromatic carboxylic acids is 1. The Balaban J connectivity index is 1.18. The van der Waals surface area contributed by atoms with Crippen molar-refractivity contribution >= 4 is 29.9 Å². The maximum Gasteiger partial charge on any atom is 0.417 e. The van der Waals surface area contributed by atoms with Crippen LogP contribution in [-0.2, 0) is 11.3 Å². The molecule has 0 radical (unpaired) electrons. The number of likely N-dealkylation sites (tertiary alicyclic amines) is 1. The van der Waals surface area contributed by atoms with Gasteiger partial charge in [-0.2, -0.15) is 0 Å². The van der Waals surface area contributed by atoms with Crippen LogP contribution >= 0.6 is 11.8 Å². The molecule has 1 unspecified atom stereocenters. The highest BCUT2D eigenvalue weighted by molar-refractivity contribution is 7.99. The fraction of sp³-hybridized carbons (Fsp3) is 0.310. The van der Waals surface area contributed by atoms with E-state index in [1.807, 2.05) is 47.5 Å². The SMILES string of the molecule is COC(=O)N1CC(c2ccccc2)N(C2CCN(Cc3ccc(Sc4ccc(C(=O)O)cc4)nc3)CC2)C1=O. The van der Waals surface area contributed by atoms with Gasteiger partial charge in [-0.15, -0.1) is 0 Å². The van der Waals surface area contributed by atoms with Gasteiger partial charge in [0.25, 0.3) is 0 Å². The van der Waals surface area contributed by atoms with Crippen LogP contribution in [0.2, 0.25) is 0 Å². The van der Waals surface area contributed by atoms with Crippen LogP contribution in [0.5, 0.6) is 0 Å². The number of carboxylic acid groups (broad SMARTS) is 1. The first-order valence-electron chi connectivity index (χ1n) is 12.8. The van der Waals surface area contributed by atoms with Crippen LogP contribution in [0.15, 0.2) is 82.8 Å². The van der Waals surface area contributed by atoms with Gasteiger partial charge in [-0.3, -0.25) is 4.90 Å². The van der Waals surface area contributed by atoms with Crippen molar-refractivity contribution in [2.75, 3.05) is 26.7 Å². The summed E-state index contributed by atoms with van der Waals surface area (Å²) >= 11 is 1.49. The largest absolute Gasteiger partial charge is 0.478 e. The zero-order valence-electron chi connectivity index (χ0n) is 21.6. The summed E-state index contributed by atoms with van der Waals surface area (Å²) in [5, 5.41) is 9.89. The molecule has 2 aromatic carbocycles. The minimum Gasteiger partial charge on any atom is -0.478 e. The summed E-state index contributed by atoms with van der Waals surface area (Å²) in [6, 6.07) is 20.2. The predicted octanol–water partition coefficient (Wildman–Crippen LogP) is 5.14. The molecule has 9 nitrogen and oxygen atoms in total. The second-order valence-electron chi connectivity index (χ2n) is 9.64. The summed E-state index contributed by atoms with van der Waals surface area (Å²) in [5.74, 6) is -0.940. The molecular weight excluding hydrogens is 516 g/mol. The number of carboxylic acids is 1. The number of carbonyl (C=O) groups is 3. The molecule has 202 valence electrons. The fourth-order valence-electron chi connectivity index (χ4n) is 5.19. The van der Waals surface area contributed by atoms with Gasteiger partial charge < -0.3 is 14.7 Å². The molecule has 0 aliphatic carbocycles. The van der Waals surface area contributed by atoms with Crippen molar-refractivity contribution in [2.24, 2.45) is 0 Å². The molecule has 1 atom stereocenters. The van der Waals surface area contributed by atoms with E-state index in [-0.39, 0.29) is 30.2 Å². The van der Waals surface area contributed by atoms with E-state index in [0.717, 1.165) is 53.5 Å². The van der Waals surface area contributed by atoms with E-state index >= 15 is 0 Å². The number of amides is 3. The molecule has 2 aliphatic rings. The Hall–Kier alpha value is -3.89. The van der Waals surface area contributed by atoms with Crippen molar-refractivity contribution in [1.82, 2.24) is 19.7 Å². The van der Waals surface area contributed by atoms with E-state index in [1.54, 1.807) is 24.3 Å². The number of rotatable bonds is 7. The lowest BCUT2D eigenvalue weighted by atomic mass is 9.99. The Morgan fingerprint density at radius 2 is 1.74 bits per heavy atom. The number of nitrogens with zero attached hydrogens (tertiary/aromatic N) is 4. The number of piperidine rings is 1.